The minimum Gasteiger partial charge on any atom is -0.492 e. The Morgan fingerprint density at radius 1 is 1.11 bits per heavy atom. The zero-order valence-electron chi connectivity index (χ0n) is 15.5. The third-order valence-electron chi connectivity index (χ3n) is 4.01. The maximum atomic E-state index is 12.0. The highest BCUT2D eigenvalue weighted by atomic mass is 16.5. The SMILES string of the molecule is CC(C)c1ccc(-c2nnn(CC(=O)NCCOc3ccccc3)n2)cc1. The first-order chi connectivity index (χ1) is 13.1. The van der Waals surface area contributed by atoms with Crippen LogP contribution in [0.2, 0.25) is 0 Å². The summed E-state index contributed by atoms with van der Waals surface area (Å²) in [5.74, 6) is 1.56. The molecule has 0 aliphatic heterocycles. The van der Waals surface area contributed by atoms with Gasteiger partial charge in [-0.15, -0.1) is 10.2 Å². The number of hydrogen-bond donors (Lipinski definition) is 1. The molecular weight excluding hydrogens is 342 g/mol. The standard InChI is InChI=1S/C20H23N5O2/c1-15(2)16-8-10-17(11-9-16)20-22-24-25(23-20)14-19(26)21-12-13-27-18-6-4-3-5-7-18/h3-11,15H,12-14H2,1-2H3,(H,21,26). The topological polar surface area (TPSA) is 81.9 Å². The maximum Gasteiger partial charge on any atom is 0.243 e. The van der Waals surface area contributed by atoms with Crippen molar-refractivity contribution in [3.63, 3.8) is 0 Å². The van der Waals surface area contributed by atoms with E-state index in [0.717, 1.165) is 11.3 Å². The lowest BCUT2D eigenvalue weighted by Crippen LogP contribution is -2.31. The highest BCUT2D eigenvalue weighted by Crippen LogP contribution is 2.19. The normalized spacial score (nSPS) is 10.8. The van der Waals surface area contributed by atoms with Crippen molar-refractivity contribution in [2.75, 3.05) is 13.2 Å². The van der Waals surface area contributed by atoms with Gasteiger partial charge in [-0.3, -0.25) is 4.79 Å². The molecule has 0 unspecified atom stereocenters. The monoisotopic (exact) mass is 365 g/mol. The first kappa shape index (κ1) is 18.6. The van der Waals surface area contributed by atoms with Gasteiger partial charge in [0, 0.05) is 5.56 Å². The highest BCUT2D eigenvalue weighted by Gasteiger charge is 2.09. The number of amides is 1. The number of nitrogens with one attached hydrogen (secondary N) is 1. The fourth-order valence-electron chi connectivity index (χ4n) is 2.50. The number of carbonyl (C=O) groups is 1. The lowest BCUT2D eigenvalue weighted by atomic mass is 10.0. The van der Waals surface area contributed by atoms with E-state index in [1.165, 1.54) is 10.4 Å². The largest absolute Gasteiger partial charge is 0.492 e. The molecular formula is C20H23N5O2. The molecule has 1 amide bonds. The molecule has 3 rings (SSSR count). The van der Waals surface area contributed by atoms with Crippen LogP contribution < -0.4 is 10.1 Å². The molecule has 27 heavy (non-hydrogen) atoms. The van der Waals surface area contributed by atoms with E-state index in [-0.39, 0.29) is 12.5 Å². The average Bonchev–Trinajstić information content (AvgIpc) is 3.14. The molecule has 0 bridgehead atoms. The quantitative estimate of drug-likeness (QED) is 0.621. The summed E-state index contributed by atoms with van der Waals surface area (Å²) < 4.78 is 5.53. The Kier molecular flexibility index (Phi) is 6.14. The summed E-state index contributed by atoms with van der Waals surface area (Å²) in [6.07, 6.45) is 0. The first-order valence-electron chi connectivity index (χ1n) is 8.94. The molecule has 0 spiro atoms. The van der Waals surface area contributed by atoms with Gasteiger partial charge in [-0.05, 0) is 28.8 Å². The molecule has 0 saturated heterocycles. The number of ether oxygens (including phenoxy) is 1. The molecule has 7 heteroatoms. The third kappa shape index (κ3) is 5.37. The molecule has 0 radical (unpaired) electrons. The van der Waals surface area contributed by atoms with Gasteiger partial charge in [0.25, 0.3) is 0 Å². The Morgan fingerprint density at radius 3 is 2.56 bits per heavy atom. The van der Waals surface area contributed by atoms with Crippen LogP contribution in [-0.2, 0) is 11.3 Å². The van der Waals surface area contributed by atoms with Crippen LogP contribution in [0.3, 0.4) is 0 Å². The molecule has 0 fully saturated rings. The number of tetrazole rings is 1. The van der Waals surface area contributed by atoms with Crippen LogP contribution in [0.1, 0.15) is 25.3 Å². The molecule has 140 valence electrons. The molecule has 3 aromatic rings. The zero-order valence-corrected chi connectivity index (χ0v) is 15.5. The fraction of sp³-hybridized carbons (Fsp3) is 0.300. The van der Waals surface area contributed by atoms with E-state index in [1.54, 1.807) is 0 Å². The molecule has 0 aliphatic rings. The van der Waals surface area contributed by atoms with Gasteiger partial charge in [-0.1, -0.05) is 56.3 Å². The summed E-state index contributed by atoms with van der Waals surface area (Å²) in [6.45, 7) is 5.11. The van der Waals surface area contributed by atoms with Crippen molar-refractivity contribution in [1.29, 1.82) is 0 Å². The van der Waals surface area contributed by atoms with Gasteiger partial charge in [-0.2, -0.15) is 4.80 Å². The minimum absolute atomic E-state index is 0.0163. The van der Waals surface area contributed by atoms with Crippen LogP contribution >= 0.6 is 0 Å². The summed E-state index contributed by atoms with van der Waals surface area (Å²) in [5, 5.41) is 15.0. The Balaban J connectivity index is 1.46. The van der Waals surface area contributed by atoms with Gasteiger partial charge < -0.3 is 10.1 Å². The molecule has 1 heterocycles. The predicted octanol–water partition coefficient (Wildman–Crippen LogP) is 2.66. The molecule has 1 N–H and O–H groups in total. The van der Waals surface area contributed by atoms with Gasteiger partial charge in [0.2, 0.25) is 11.7 Å². The van der Waals surface area contributed by atoms with Crippen molar-refractivity contribution in [2.24, 2.45) is 0 Å². The second kappa shape index (κ2) is 8.93. The predicted molar refractivity (Wildman–Crippen MR) is 102 cm³/mol. The van der Waals surface area contributed by atoms with E-state index in [4.69, 9.17) is 4.74 Å². The minimum atomic E-state index is -0.189. The van der Waals surface area contributed by atoms with E-state index in [9.17, 15) is 4.79 Å². The van der Waals surface area contributed by atoms with Crippen molar-refractivity contribution in [1.82, 2.24) is 25.5 Å². The van der Waals surface area contributed by atoms with E-state index in [0.29, 0.717) is 24.9 Å². The van der Waals surface area contributed by atoms with Gasteiger partial charge in [0.15, 0.2) is 0 Å². The number of para-hydroxylation sites is 1. The Morgan fingerprint density at radius 2 is 1.85 bits per heavy atom. The van der Waals surface area contributed by atoms with Crippen molar-refractivity contribution in [3.8, 4) is 17.1 Å². The van der Waals surface area contributed by atoms with E-state index in [2.05, 4.69) is 46.7 Å². The number of carbonyl (C=O) groups excluding carboxylic acids is 1. The van der Waals surface area contributed by atoms with Crippen molar-refractivity contribution in [3.05, 3.63) is 60.2 Å². The molecule has 0 aliphatic carbocycles. The Bertz CT molecular complexity index is 860. The molecule has 2 aromatic carbocycles. The van der Waals surface area contributed by atoms with Crippen LogP contribution in [0.25, 0.3) is 11.4 Å². The molecule has 1 aromatic heterocycles. The second-order valence-electron chi connectivity index (χ2n) is 6.43. The highest BCUT2D eigenvalue weighted by molar-refractivity contribution is 5.75. The molecule has 0 atom stereocenters. The number of hydrogen-bond acceptors (Lipinski definition) is 5. The van der Waals surface area contributed by atoms with Crippen LogP contribution in [-0.4, -0.2) is 39.3 Å². The lowest BCUT2D eigenvalue weighted by molar-refractivity contribution is -0.122. The summed E-state index contributed by atoms with van der Waals surface area (Å²) in [5.41, 5.74) is 2.13. The van der Waals surface area contributed by atoms with E-state index < -0.39 is 0 Å². The van der Waals surface area contributed by atoms with E-state index >= 15 is 0 Å². The first-order valence-corrected chi connectivity index (χ1v) is 8.94. The van der Waals surface area contributed by atoms with Crippen LogP contribution in [0, 0.1) is 0 Å². The van der Waals surface area contributed by atoms with Gasteiger partial charge in [0.05, 0.1) is 6.54 Å². The Labute approximate surface area is 158 Å². The molecule has 7 nitrogen and oxygen atoms in total. The lowest BCUT2D eigenvalue weighted by Gasteiger charge is -2.07. The third-order valence-corrected chi connectivity index (χ3v) is 4.01. The smallest absolute Gasteiger partial charge is 0.243 e. The average molecular weight is 365 g/mol. The number of nitrogens with zero attached hydrogens (tertiary/aromatic N) is 4. The summed E-state index contributed by atoms with van der Waals surface area (Å²) in [6, 6.07) is 17.5. The summed E-state index contributed by atoms with van der Waals surface area (Å²) in [7, 11) is 0. The fourth-order valence-corrected chi connectivity index (χ4v) is 2.50. The zero-order chi connectivity index (χ0) is 19.1. The van der Waals surface area contributed by atoms with Gasteiger partial charge in [0.1, 0.15) is 18.9 Å². The van der Waals surface area contributed by atoms with Gasteiger partial charge in [-0.25, -0.2) is 0 Å². The van der Waals surface area contributed by atoms with Crippen molar-refractivity contribution < 1.29 is 9.53 Å². The Hall–Kier alpha value is -3.22. The molecule has 0 saturated carbocycles. The van der Waals surface area contributed by atoms with Crippen LogP contribution in [0.5, 0.6) is 5.75 Å². The number of rotatable bonds is 8. The van der Waals surface area contributed by atoms with Crippen molar-refractivity contribution in [2.45, 2.75) is 26.3 Å². The van der Waals surface area contributed by atoms with E-state index in [1.807, 2.05) is 42.5 Å². The second-order valence-corrected chi connectivity index (χ2v) is 6.43. The summed E-state index contributed by atoms with van der Waals surface area (Å²) in [4.78, 5) is 13.3. The van der Waals surface area contributed by atoms with Crippen LogP contribution in [0.4, 0.5) is 0 Å². The summed E-state index contributed by atoms with van der Waals surface area (Å²) >= 11 is 0. The number of benzene rings is 2. The van der Waals surface area contributed by atoms with Gasteiger partial charge >= 0.3 is 0 Å². The number of aromatic nitrogens is 4. The van der Waals surface area contributed by atoms with Crippen molar-refractivity contribution >= 4 is 5.91 Å². The van der Waals surface area contributed by atoms with Crippen LogP contribution in [0.15, 0.2) is 54.6 Å². The maximum absolute atomic E-state index is 12.0.